The fourth-order valence-corrected chi connectivity index (χ4v) is 0.976. The number of anilines is 1. The zero-order chi connectivity index (χ0) is 10.7. The lowest BCUT2D eigenvalue weighted by Crippen LogP contribution is -2.19. The molecule has 0 bridgehead atoms. The molecule has 0 aliphatic rings. The first-order valence-electron chi connectivity index (χ1n) is 4.05. The van der Waals surface area contributed by atoms with E-state index in [0.29, 0.717) is 17.2 Å². The molecular formula is C8H13N5O. The van der Waals surface area contributed by atoms with Crippen LogP contribution in [0.4, 0.5) is 5.95 Å². The summed E-state index contributed by atoms with van der Waals surface area (Å²) in [6, 6.07) is 0. The van der Waals surface area contributed by atoms with Gasteiger partial charge in [0.05, 0.1) is 11.3 Å². The Morgan fingerprint density at radius 2 is 2.21 bits per heavy atom. The number of rotatable bonds is 2. The third-order valence-corrected chi connectivity index (χ3v) is 1.75. The van der Waals surface area contributed by atoms with Crippen LogP contribution in [0.25, 0.3) is 0 Å². The molecule has 0 aliphatic carbocycles. The van der Waals surface area contributed by atoms with E-state index in [1.54, 1.807) is 11.8 Å². The molecule has 0 saturated heterocycles. The summed E-state index contributed by atoms with van der Waals surface area (Å²) in [6.07, 6.45) is 1.53. The summed E-state index contributed by atoms with van der Waals surface area (Å²) in [6.45, 7) is 1.78. The normalized spacial score (nSPS) is 11.5. The van der Waals surface area contributed by atoms with Gasteiger partial charge >= 0.3 is 0 Å². The van der Waals surface area contributed by atoms with Crippen LogP contribution in [0.3, 0.4) is 0 Å². The van der Waals surface area contributed by atoms with Crippen LogP contribution in [-0.2, 0) is 0 Å². The Bertz CT molecular complexity index is 361. The van der Waals surface area contributed by atoms with Gasteiger partial charge < -0.3 is 15.8 Å². The SMILES string of the molecule is Cc1nc(N(C)C)ncc1/C(N)=N\O. The molecule has 0 saturated carbocycles. The minimum Gasteiger partial charge on any atom is -0.409 e. The minimum atomic E-state index is 0.0211. The maximum Gasteiger partial charge on any atom is 0.225 e. The Kier molecular flexibility index (Phi) is 2.85. The van der Waals surface area contributed by atoms with Crippen molar-refractivity contribution in [1.29, 1.82) is 0 Å². The molecule has 3 N–H and O–H groups in total. The number of oxime groups is 1. The maximum absolute atomic E-state index is 8.49. The summed E-state index contributed by atoms with van der Waals surface area (Å²) in [5.74, 6) is 0.616. The molecule has 0 spiro atoms. The molecule has 0 radical (unpaired) electrons. The van der Waals surface area contributed by atoms with Crippen LogP contribution in [-0.4, -0.2) is 35.1 Å². The Hall–Kier alpha value is -1.85. The van der Waals surface area contributed by atoms with Gasteiger partial charge in [-0.05, 0) is 6.92 Å². The first kappa shape index (κ1) is 10.2. The Labute approximate surface area is 82.1 Å². The zero-order valence-electron chi connectivity index (χ0n) is 8.39. The zero-order valence-corrected chi connectivity index (χ0v) is 8.39. The van der Waals surface area contributed by atoms with E-state index in [-0.39, 0.29) is 5.84 Å². The van der Waals surface area contributed by atoms with Gasteiger partial charge in [0, 0.05) is 20.3 Å². The van der Waals surface area contributed by atoms with Crippen LogP contribution >= 0.6 is 0 Å². The quantitative estimate of drug-likeness (QED) is 0.299. The molecule has 6 heteroatoms. The lowest BCUT2D eigenvalue weighted by atomic mass is 10.2. The van der Waals surface area contributed by atoms with Crippen LogP contribution in [0, 0.1) is 6.92 Å². The molecule has 0 unspecified atom stereocenters. The predicted molar refractivity (Wildman–Crippen MR) is 53.6 cm³/mol. The van der Waals surface area contributed by atoms with Gasteiger partial charge in [-0.3, -0.25) is 0 Å². The first-order chi connectivity index (χ1) is 6.56. The van der Waals surface area contributed by atoms with Gasteiger partial charge in [0.2, 0.25) is 5.95 Å². The number of nitrogens with zero attached hydrogens (tertiary/aromatic N) is 4. The van der Waals surface area contributed by atoms with E-state index in [9.17, 15) is 0 Å². The molecule has 6 nitrogen and oxygen atoms in total. The fraction of sp³-hybridized carbons (Fsp3) is 0.375. The molecule has 1 aromatic heterocycles. The van der Waals surface area contributed by atoms with Crippen molar-refractivity contribution in [3.8, 4) is 0 Å². The third kappa shape index (κ3) is 1.90. The number of amidine groups is 1. The van der Waals surface area contributed by atoms with Gasteiger partial charge in [-0.2, -0.15) is 0 Å². The van der Waals surface area contributed by atoms with Crippen molar-refractivity contribution in [3.05, 3.63) is 17.5 Å². The molecule has 1 heterocycles. The molecule has 0 fully saturated rings. The van der Waals surface area contributed by atoms with E-state index in [2.05, 4.69) is 15.1 Å². The lowest BCUT2D eigenvalue weighted by molar-refractivity contribution is 0.318. The third-order valence-electron chi connectivity index (χ3n) is 1.75. The van der Waals surface area contributed by atoms with Gasteiger partial charge in [0.25, 0.3) is 0 Å². The summed E-state index contributed by atoms with van der Waals surface area (Å²) in [5, 5.41) is 11.4. The van der Waals surface area contributed by atoms with E-state index in [1.807, 2.05) is 14.1 Å². The van der Waals surface area contributed by atoms with Crippen molar-refractivity contribution in [2.75, 3.05) is 19.0 Å². The largest absolute Gasteiger partial charge is 0.409 e. The second-order valence-electron chi connectivity index (χ2n) is 3.05. The van der Waals surface area contributed by atoms with E-state index >= 15 is 0 Å². The summed E-state index contributed by atoms with van der Waals surface area (Å²) >= 11 is 0. The van der Waals surface area contributed by atoms with E-state index < -0.39 is 0 Å². The van der Waals surface area contributed by atoms with Crippen molar-refractivity contribution in [1.82, 2.24) is 9.97 Å². The average molecular weight is 195 g/mol. The van der Waals surface area contributed by atoms with Crippen molar-refractivity contribution in [3.63, 3.8) is 0 Å². The maximum atomic E-state index is 8.49. The highest BCUT2D eigenvalue weighted by atomic mass is 16.4. The average Bonchev–Trinajstić information content (AvgIpc) is 2.16. The molecule has 14 heavy (non-hydrogen) atoms. The Morgan fingerprint density at radius 1 is 1.57 bits per heavy atom. The van der Waals surface area contributed by atoms with Crippen LogP contribution in [0.1, 0.15) is 11.3 Å². The Balaban J connectivity index is 3.14. The molecular weight excluding hydrogens is 182 g/mol. The van der Waals surface area contributed by atoms with E-state index in [1.165, 1.54) is 6.20 Å². The minimum absolute atomic E-state index is 0.0211. The van der Waals surface area contributed by atoms with Gasteiger partial charge in [-0.25, -0.2) is 9.97 Å². The highest BCUT2D eigenvalue weighted by Gasteiger charge is 2.07. The smallest absolute Gasteiger partial charge is 0.225 e. The van der Waals surface area contributed by atoms with Crippen LogP contribution in [0.5, 0.6) is 0 Å². The summed E-state index contributed by atoms with van der Waals surface area (Å²) in [7, 11) is 3.69. The lowest BCUT2D eigenvalue weighted by Gasteiger charge is -2.11. The van der Waals surface area contributed by atoms with Crippen LogP contribution in [0.2, 0.25) is 0 Å². The van der Waals surface area contributed by atoms with Crippen molar-refractivity contribution in [2.24, 2.45) is 10.9 Å². The first-order valence-corrected chi connectivity index (χ1v) is 4.05. The predicted octanol–water partition coefficient (Wildman–Crippen LogP) is -0.0545. The molecule has 0 amide bonds. The number of nitrogens with two attached hydrogens (primary N) is 1. The summed E-state index contributed by atoms with van der Waals surface area (Å²) in [4.78, 5) is 10.0. The molecule has 0 aromatic carbocycles. The summed E-state index contributed by atoms with van der Waals surface area (Å²) in [5.41, 5.74) is 6.65. The van der Waals surface area contributed by atoms with Crippen molar-refractivity contribution in [2.45, 2.75) is 6.92 Å². The second-order valence-corrected chi connectivity index (χ2v) is 3.05. The molecule has 0 aliphatic heterocycles. The number of aromatic nitrogens is 2. The number of aryl methyl sites for hydroxylation is 1. The molecule has 1 aromatic rings. The standard InChI is InChI=1S/C8H13N5O/c1-5-6(7(9)12-14)4-10-8(11-5)13(2)3/h4,14H,1-3H3,(H2,9,12). The molecule has 76 valence electrons. The van der Waals surface area contributed by atoms with Gasteiger partial charge in [-0.15, -0.1) is 0 Å². The number of hydrogen-bond donors (Lipinski definition) is 2. The van der Waals surface area contributed by atoms with Gasteiger partial charge in [0.15, 0.2) is 5.84 Å². The fourth-order valence-electron chi connectivity index (χ4n) is 0.976. The van der Waals surface area contributed by atoms with Crippen LogP contribution in [0.15, 0.2) is 11.4 Å². The Morgan fingerprint density at radius 3 is 2.64 bits per heavy atom. The van der Waals surface area contributed by atoms with Crippen molar-refractivity contribution >= 4 is 11.8 Å². The second kappa shape index (κ2) is 3.91. The summed E-state index contributed by atoms with van der Waals surface area (Å²) < 4.78 is 0. The molecule has 1 rings (SSSR count). The van der Waals surface area contributed by atoms with Gasteiger partial charge in [0.1, 0.15) is 0 Å². The van der Waals surface area contributed by atoms with Gasteiger partial charge in [-0.1, -0.05) is 5.16 Å². The number of hydrogen-bond acceptors (Lipinski definition) is 5. The monoisotopic (exact) mass is 195 g/mol. The molecule has 0 atom stereocenters. The topological polar surface area (TPSA) is 87.6 Å². The van der Waals surface area contributed by atoms with Crippen molar-refractivity contribution < 1.29 is 5.21 Å². The highest BCUT2D eigenvalue weighted by molar-refractivity contribution is 5.97. The van der Waals surface area contributed by atoms with E-state index in [4.69, 9.17) is 10.9 Å². The van der Waals surface area contributed by atoms with Crippen LogP contribution < -0.4 is 10.6 Å². The van der Waals surface area contributed by atoms with E-state index in [0.717, 1.165) is 0 Å². The highest BCUT2D eigenvalue weighted by Crippen LogP contribution is 2.08.